The number of halogens is 3. The molecule has 0 fully saturated rings. The zero-order valence-electron chi connectivity index (χ0n) is 20.5. The highest BCUT2D eigenvalue weighted by Crippen LogP contribution is 2.39. The Balaban J connectivity index is 1.95. The van der Waals surface area contributed by atoms with E-state index in [4.69, 9.17) is 4.74 Å². The van der Waals surface area contributed by atoms with Gasteiger partial charge in [0.15, 0.2) is 5.69 Å². The molecule has 0 radical (unpaired) electrons. The molecule has 0 saturated carbocycles. The number of carbonyl (C=O) groups is 2. The lowest BCUT2D eigenvalue weighted by Crippen LogP contribution is -2.25. The van der Waals surface area contributed by atoms with Crippen LogP contribution in [0.1, 0.15) is 36.8 Å². The van der Waals surface area contributed by atoms with Gasteiger partial charge in [0.05, 0.1) is 28.6 Å². The van der Waals surface area contributed by atoms with Gasteiger partial charge < -0.3 is 19.3 Å². The molecule has 2 heterocycles. The topological polar surface area (TPSA) is 84.7 Å². The maximum absolute atomic E-state index is 13.0. The third-order valence-corrected chi connectivity index (χ3v) is 5.80. The third-order valence-electron chi connectivity index (χ3n) is 5.80. The van der Waals surface area contributed by atoms with Crippen molar-refractivity contribution >= 4 is 28.5 Å². The maximum Gasteiger partial charge on any atom is 0.417 e. The molecule has 2 aromatic carbocycles. The number of pyridine rings is 1. The smallest absolute Gasteiger partial charge is 0.417 e. The summed E-state index contributed by atoms with van der Waals surface area (Å²) in [5.41, 5.74) is 0.906. The number of fused-ring (bicyclic) bond motifs is 1. The van der Waals surface area contributed by atoms with Gasteiger partial charge in [-0.05, 0) is 62.4 Å². The predicted octanol–water partition coefficient (Wildman–Crippen LogP) is 6.18. The highest BCUT2D eigenvalue weighted by atomic mass is 19.4. The highest BCUT2D eigenvalue weighted by molar-refractivity contribution is 6.13. The van der Waals surface area contributed by atoms with E-state index >= 15 is 0 Å². The monoisotopic (exact) mass is 511 g/mol. The molecule has 0 atom stereocenters. The zero-order valence-corrected chi connectivity index (χ0v) is 20.5. The molecule has 0 aliphatic rings. The number of carboxylic acids is 1. The fourth-order valence-electron chi connectivity index (χ4n) is 4.07. The van der Waals surface area contributed by atoms with Gasteiger partial charge in [-0.2, -0.15) is 13.2 Å². The molecule has 1 amide bonds. The number of aromatic carboxylic acids is 1. The summed E-state index contributed by atoms with van der Waals surface area (Å²) in [6.45, 7) is 5.10. The van der Waals surface area contributed by atoms with E-state index in [-0.39, 0.29) is 29.1 Å². The first-order chi connectivity index (χ1) is 17.4. The molecular weight excluding hydrogens is 487 g/mol. The van der Waals surface area contributed by atoms with E-state index in [1.165, 1.54) is 29.5 Å². The number of hydrogen-bond donors (Lipinski definition) is 1. The second-order valence-electron chi connectivity index (χ2n) is 8.74. The number of alkyl halides is 3. The summed E-state index contributed by atoms with van der Waals surface area (Å²) < 4.78 is 46.1. The summed E-state index contributed by atoms with van der Waals surface area (Å²) >= 11 is 0. The standard InChI is InChI=1S/C27H24F3N3O4/c1-15(2)37-20-9-7-19(8-10-20)33-23-12-5-17(22-11-6-18(14-31-22)27(28,29)30)13-21(23)24(25(33)26(35)36)32(4)16(3)34/h5-15H,1-4H3,(H,35,36). The van der Waals surface area contributed by atoms with E-state index in [0.29, 0.717) is 27.9 Å². The van der Waals surface area contributed by atoms with Crippen molar-refractivity contribution in [3.05, 3.63) is 72.1 Å². The first-order valence-corrected chi connectivity index (χ1v) is 11.3. The largest absolute Gasteiger partial charge is 0.491 e. The van der Waals surface area contributed by atoms with Crippen molar-refractivity contribution < 1.29 is 32.6 Å². The molecular formula is C27H24F3N3O4. The Morgan fingerprint density at radius 1 is 1.05 bits per heavy atom. The first kappa shape index (κ1) is 25.7. The molecule has 192 valence electrons. The average Bonchev–Trinajstić information content (AvgIpc) is 3.18. The lowest BCUT2D eigenvalue weighted by Gasteiger charge is -2.16. The van der Waals surface area contributed by atoms with Gasteiger partial charge in [0.1, 0.15) is 5.75 Å². The summed E-state index contributed by atoms with van der Waals surface area (Å²) in [5, 5.41) is 10.6. The summed E-state index contributed by atoms with van der Waals surface area (Å²) in [7, 11) is 1.47. The van der Waals surface area contributed by atoms with Gasteiger partial charge >= 0.3 is 12.1 Å². The van der Waals surface area contributed by atoms with E-state index < -0.39 is 17.7 Å². The minimum atomic E-state index is -4.52. The molecule has 7 nitrogen and oxygen atoms in total. The Kier molecular flexibility index (Phi) is 6.68. The van der Waals surface area contributed by atoms with Crippen molar-refractivity contribution in [2.75, 3.05) is 11.9 Å². The van der Waals surface area contributed by atoms with Gasteiger partial charge in [0, 0.05) is 36.8 Å². The van der Waals surface area contributed by atoms with Crippen LogP contribution >= 0.6 is 0 Å². The van der Waals surface area contributed by atoms with Crippen molar-refractivity contribution in [1.82, 2.24) is 9.55 Å². The molecule has 10 heteroatoms. The van der Waals surface area contributed by atoms with Crippen LogP contribution in [0.25, 0.3) is 27.8 Å². The lowest BCUT2D eigenvalue weighted by atomic mass is 10.1. The number of ether oxygens (including phenoxy) is 1. The molecule has 0 aliphatic carbocycles. The molecule has 4 aromatic rings. The fourth-order valence-corrected chi connectivity index (χ4v) is 4.07. The number of nitrogens with zero attached hydrogens (tertiary/aromatic N) is 3. The van der Waals surface area contributed by atoms with E-state index in [2.05, 4.69) is 4.98 Å². The number of carboxylic acid groups (broad SMARTS) is 1. The highest BCUT2D eigenvalue weighted by Gasteiger charge is 2.31. The SMILES string of the molecule is CC(=O)N(C)c1c(C(=O)O)n(-c2ccc(OC(C)C)cc2)c2ccc(-c3ccc(C(F)(F)F)cn3)cc12. The van der Waals surface area contributed by atoms with Crippen LogP contribution in [0.3, 0.4) is 0 Å². The van der Waals surface area contributed by atoms with Gasteiger partial charge in [-0.15, -0.1) is 0 Å². The zero-order chi connectivity index (χ0) is 27.1. The van der Waals surface area contributed by atoms with Crippen LogP contribution in [-0.4, -0.2) is 39.7 Å². The van der Waals surface area contributed by atoms with Crippen molar-refractivity contribution in [2.45, 2.75) is 33.1 Å². The van der Waals surface area contributed by atoms with Crippen LogP contribution in [0.2, 0.25) is 0 Å². The van der Waals surface area contributed by atoms with Crippen LogP contribution < -0.4 is 9.64 Å². The number of carbonyl (C=O) groups excluding carboxylic acids is 1. The van der Waals surface area contributed by atoms with Gasteiger partial charge in [0.2, 0.25) is 5.91 Å². The van der Waals surface area contributed by atoms with Crippen molar-refractivity contribution in [2.24, 2.45) is 0 Å². The van der Waals surface area contributed by atoms with Crippen molar-refractivity contribution in [3.63, 3.8) is 0 Å². The van der Waals surface area contributed by atoms with E-state index in [9.17, 15) is 27.9 Å². The predicted molar refractivity (Wildman–Crippen MR) is 133 cm³/mol. The van der Waals surface area contributed by atoms with Crippen LogP contribution in [0.4, 0.5) is 18.9 Å². The first-order valence-electron chi connectivity index (χ1n) is 11.3. The number of rotatable bonds is 6. The van der Waals surface area contributed by atoms with Gasteiger partial charge in [-0.3, -0.25) is 9.78 Å². The number of hydrogen-bond acceptors (Lipinski definition) is 4. The van der Waals surface area contributed by atoms with E-state index in [0.717, 1.165) is 12.3 Å². The van der Waals surface area contributed by atoms with Crippen molar-refractivity contribution in [3.8, 4) is 22.7 Å². The van der Waals surface area contributed by atoms with Crippen molar-refractivity contribution in [1.29, 1.82) is 0 Å². The molecule has 0 unspecified atom stereocenters. The molecule has 0 saturated heterocycles. The average molecular weight is 512 g/mol. The second-order valence-corrected chi connectivity index (χ2v) is 8.74. The Hall–Kier alpha value is -4.34. The molecule has 0 aliphatic heterocycles. The van der Waals surface area contributed by atoms with E-state index in [1.54, 1.807) is 42.5 Å². The number of benzene rings is 2. The lowest BCUT2D eigenvalue weighted by molar-refractivity contribution is -0.137. The fraction of sp³-hybridized carbons (Fsp3) is 0.222. The Morgan fingerprint density at radius 3 is 2.24 bits per heavy atom. The summed E-state index contributed by atoms with van der Waals surface area (Å²) in [5.74, 6) is -1.03. The molecule has 4 rings (SSSR count). The molecule has 0 bridgehead atoms. The second kappa shape index (κ2) is 9.61. The quantitative estimate of drug-likeness (QED) is 0.334. The van der Waals surface area contributed by atoms with Crippen LogP contribution in [0, 0.1) is 0 Å². The number of amides is 1. The van der Waals surface area contributed by atoms with Gasteiger partial charge in [0.25, 0.3) is 0 Å². The van der Waals surface area contributed by atoms with Crippen LogP contribution in [-0.2, 0) is 11.0 Å². The molecule has 0 spiro atoms. The maximum atomic E-state index is 13.0. The Bertz CT molecular complexity index is 1470. The Labute approximate surface area is 210 Å². The summed E-state index contributed by atoms with van der Waals surface area (Å²) in [4.78, 5) is 30.0. The Morgan fingerprint density at radius 2 is 1.73 bits per heavy atom. The minimum absolute atomic E-state index is 0.0408. The van der Waals surface area contributed by atoms with Crippen LogP contribution in [0.5, 0.6) is 5.75 Å². The minimum Gasteiger partial charge on any atom is -0.491 e. The van der Waals surface area contributed by atoms with E-state index in [1.807, 2.05) is 13.8 Å². The summed E-state index contributed by atoms with van der Waals surface area (Å²) in [6, 6.07) is 14.0. The van der Waals surface area contributed by atoms with Gasteiger partial charge in [-0.25, -0.2) is 4.79 Å². The third kappa shape index (κ3) is 5.00. The molecule has 2 aromatic heterocycles. The number of aromatic nitrogens is 2. The number of anilines is 1. The normalized spacial score (nSPS) is 11.7. The summed E-state index contributed by atoms with van der Waals surface area (Å²) in [6.07, 6.45) is -3.81. The molecule has 1 N–H and O–H groups in total. The van der Waals surface area contributed by atoms with Crippen LogP contribution in [0.15, 0.2) is 60.8 Å². The molecule has 37 heavy (non-hydrogen) atoms. The van der Waals surface area contributed by atoms with Gasteiger partial charge in [-0.1, -0.05) is 6.07 Å².